The summed E-state index contributed by atoms with van der Waals surface area (Å²) in [6, 6.07) is 3.61. The zero-order valence-corrected chi connectivity index (χ0v) is 10.2. The van der Waals surface area contributed by atoms with Crippen molar-refractivity contribution in [3.8, 4) is 0 Å². The van der Waals surface area contributed by atoms with Gasteiger partial charge in [0.05, 0.1) is 5.56 Å². The molecule has 1 aliphatic rings. The number of nitrogens with one attached hydrogen (secondary N) is 2. The van der Waals surface area contributed by atoms with Crippen molar-refractivity contribution < 1.29 is 4.79 Å². The fourth-order valence-electron chi connectivity index (χ4n) is 2.17. The molecule has 0 saturated carbocycles. The number of aryl methyl sites for hydroxylation is 1. The molecule has 0 bridgehead atoms. The summed E-state index contributed by atoms with van der Waals surface area (Å²) < 4.78 is 0. The van der Waals surface area contributed by atoms with Gasteiger partial charge in [-0.25, -0.2) is 0 Å². The molecule has 4 heteroatoms. The van der Waals surface area contributed by atoms with Gasteiger partial charge >= 0.3 is 0 Å². The van der Waals surface area contributed by atoms with Crippen LogP contribution in [0.5, 0.6) is 0 Å². The number of carbonyl (C=O) groups is 1. The molecule has 17 heavy (non-hydrogen) atoms. The first kappa shape index (κ1) is 12.0. The van der Waals surface area contributed by atoms with Crippen molar-refractivity contribution in [3.05, 3.63) is 29.6 Å². The molecule has 2 rings (SSSR count). The van der Waals surface area contributed by atoms with Crippen LogP contribution in [0, 0.1) is 12.8 Å². The van der Waals surface area contributed by atoms with Crippen LogP contribution in [-0.2, 0) is 0 Å². The Morgan fingerprint density at radius 3 is 3.24 bits per heavy atom. The van der Waals surface area contributed by atoms with Crippen molar-refractivity contribution in [1.82, 2.24) is 15.6 Å². The maximum absolute atomic E-state index is 11.9. The van der Waals surface area contributed by atoms with Crippen LogP contribution in [0.25, 0.3) is 0 Å². The highest BCUT2D eigenvalue weighted by molar-refractivity contribution is 5.95. The molecule has 2 N–H and O–H groups in total. The van der Waals surface area contributed by atoms with Crippen LogP contribution >= 0.6 is 0 Å². The Balaban J connectivity index is 1.79. The van der Waals surface area contributed by atoms with E-state index in [4.69, 9.17) is 0 Å². The van der Waals surface area contributed by atoms with Crippen LogP contribution in [-0.4, -0.2) is 30.5 Å². The second-order valence-corrected chi connectivity index (χ2v) is 4.54. The van der Waals surface area contributed by atoms with Crippen LogP contribution in [0.3, 0.4) is 0 Å². The molecule has 1 atom stereocenters. The summed E-state index contributed by atoms with van der Waals surface area (Å²) >= 11 is 0. The molecule has 0 radical (unpaired) electrons. The van der Waals surface area contributed by atoms with Crippen LogP contribution in [0.2, 0.25) is 0 Å². The highest BCUT2D eigenvalue weighted by Gasteiger charge is 2.14. The van der Waals surface area contributed by atoms with Gasteiger partial charge in [-0.3, -0.25) is 9.78 Å². The summed E-state index contributed by atoms with van der Waals surface area (Å²) in [6.45, 7) is 4.80. The van der Waals surface area contributed by atoms with Crippen LogP contribution in [0.4, 0.5) is 0 Å². The monoisotopic (exact) mass is 233 g/mol. The van der Waals surface area contributed by atoms with Crippen LogP contribution in [0.15, 0.2) is 18.3 Å². The van der Waals surface area contributed by atoms with Gasteiger partial charge < -0.3 is 10.6 Å². The van der Waals surface area contributed by atoms with E-state index in [1.807, 2.05) is 13.0 Å². The Morgan fingerprint density at radius 1 is 1.65 bits per heavy atom. The van der Waals surface area contributed by atoms with E-state index in [0.29, 0.717) is 11.5 Å². The Bertz CT molecular complexity index is 386. The zero-order chi connectivity index (χ0) is 12.1. The molecule has 0 aliphatic carbocycles. The molecule has 1 saturated heterocycles. The summed E-state index contributed by atoms with van der Waals surface area (Å²) in [6.07, 6.45) is 3.98. The van der Waals surface area contributed by atoms with E-state index in [-0.39, 0.29) is 5.91 Å². The number of pyridine rings is 1. The third kappa shape index (κ3) is 3.27. The summed E-state index contributed by atoms with van der Waals surface area (Å²) in [7, 11) is 0. The fourth-order valence-corrected chi connectivity index (χ4v) is 2.17. The summed E-state index contributed by atoms with van der Waals surface area (Å²) in [5, 5.41) is 6.29. The van der Waals surface area contributed by atoms with Gasteiger partial charge in [-0.1, -0.05) is 0 Å². The van der Waals surface area contributed by atoms with Crippen molar-refractivity contribution in [2.45, 2.75) is 19.8 Å². The average molecular weight is 233 g/mol. The van der Waals surface area contributed by atoms with E-state index in [9.17, 15) is 4.79 Å². The zero-order valence-electron chi connectivity index (χ0n) is 10.2. The lowest BCUT2D eigenvalue weighted by atomic mass is 10.1. The van der Waals surface area contributed by atoms with E-state index in [1.165, 1.54) is 6.42 Å². The standard InChI is InChI=1S/C13H19N3O/c1-10-12(3-2-6-15-10)13(17)16-8-5-11-4-7-14-9-11/h2-3,6,11,14H,4-5,7-9H2,1H3,(H,16,17). The molecule has 1 unspecified atom stereocenters. The molecule has 1 aromatic heterocycles. The van der Waals surface area contributed by atoms with Gasteiger partial charge in [0.2, 0.25) is 0 Å². The smallest absolute Gasteiger partial charge is 0.253 e. The second-order valence-electron chi connectivity index (χ2n) is 4.54. The Labute approximate surface area is 102 Å². The minimum Gasteiger partial charge on any atom is -0.352 e. The van der Waals surface area contributed by atoms with Gasteiger partial charge in [-0.15, -0.1) is 0 Å². The molecular formula is C13H19N3O. The van der Waals surface area contributed by atoms with E-state index < -0.39 is 0 Å². The Morgan fingerprint density at radius 2 is 2.53 bits per heavy atom. The van der Waals surface area contributed by atoms with E-state index in [2.05, 4.69) is 15.6 Å². The second kappa shape index (κ2) is 5.77. The lowest BCUT2D eigenvalue weighted by molar-refractivity contribution is 0.0950. The molecule has 1 aliphatic heterocycles. The lowest BCUT2D eigenvalue weighted by Crippen LogP contribution is -2.27. The summed E-state index contributed by atoms with van der Waals surface area (Å²) in [5.41, 5.74) is 1.46. The summed E-state index contributed by atoms with van der Waals surface area (Å²) in [4.78, 5) is 16.0. The number of aromatic nitrogens is 1. The number of carbonyl (C=O) groups excluding carboxylic acids is 1. The maximum Gasteiger partial charge on any atom is 0.253 e. The maximum atomic E-state index is 11.9. The SMILES string of the molecule is Cc1ncccc1C(=O)NCCC1CCNC1. The van der Waals surface area contributed by atoms with E-state index >= 15 is 0 Å². The molecular weight excluding hydrogens is 214 g/mol. The molecule has 1 aromatic rings. The number of amides is 1. The van der Waals surface area contributed by atoms with Gasteiger partial charge in [0.25, 0.3) is 5.91 Å². The topological polar surface area (TPSA) is 54.0 Å². The van der Waals surface area contributed by atoms with E-state index in [1.54, 1.807) is 12.3 Å². The largest absolute Gasteiger partial charge is 0.352 e. The summed E-state index contributed by atoms with van der Waals surface area (Å²) in [5.74, 6) is 0.701. The normalized spacial score (nSPS) is 19.2. The van der Waals surface area contributed by atoms with Crippen molar-refractivity contribution in [2.75, 3.05) is 19.6 Å². The number of hydrogen-bond acceptors (Lipinski definition) is 3. The third-order valence-corrected chi connectivity index (χ3v) is 3.25. The highest BCUT2D eigenvalue weighted by Crippen LogP contribution is 2.11. The molecule has 92 valence electrons. The molecule has 1 fully saturated rings. The van der Waals surface area contributed by atoms with Crippen molar-refractivity contribution in [1.29, 1.82) is 0 Å². The average Bonchev–Trinajstić information content (AvgIpc) is 2.82. The minimum absolute atomic E-state index is 0.0124. The van der Waals surface area contributed by atoms with Crippen molar-refractivity contribution in [2.24, 2.45) is 5.92 Å². The first-order valence-electron chi connectivity index (χ1n) is 6.18. The molecule has 0 aromatic carbocycles. The van der Waals surface area contributed by atoms with Crippen molar-refractivity contribution in [3.63, 3.8) is 0 Å². The van der Waals surface area contributed by atoms with Crippen molar-refractivity contribution >= 4 is 5.91 Å². The minimum atomic E-state index is -0.0124. The number of nitrogens with zero attached hydrogens (tertiary/aromatic N) is 1. The van der Waals surface area contributed by atoms with Crippen LogP contribution in [0.1, 0.15) is 28.9 Å². The molecule has 2 heterocycles. The van der Waals surface area contributed by atoms with Gasteiger partial charge in [0.1, 0.15) is 0 Å². The number of hydrogen-bond donors (Lipinski definition) is 2. The van der Waals surface area contributed by atoms with Gasteiger partial charge in [0.15, 0.2) is 0 Å². The predicted octanol–water partition coefficient (Wildman–Crippen LogP) is 1.12. The third-order valence-electron chi connectivity index (χ3n) is 3.25. The quantitative estimate of drug-likeness (QED) is 0.819. The molecule has 4 nitrogen and oxygen atoms in total. The Kier molecular flexibility index (Phi) is 4.09. The van der Waals surface area contributed by atoms with Gasteiger partial charge in [-0.2, -0.15) is 0 Å². The predicted molar refractivity (Wildman–Crippen MR) is 66.9 cm³/mol. The first-order chi connectivity index (χ1) is 8.27. The highest BCUT2D eigenvalue weighted by atomic mass is 16.1. The van der Waals surface area contributed by atoms with E-state index in [0.717, 1.165) is 31.7 Å². The first-order valence-corrected chi connectivity index (χ1v) is 6.18. The van der Waals surface area contributed by atoms with Crippen LogP contribution < -0.4 is 10.6 Å². The lowest BCUT2D eigenvalue weighted by Gasteiger charge is -2.10. The molecule has 1 amide bonds. The Hall–Kier alpha value is -1.42. The number of rotatable bonds is 4. The fraction of sp³-hybridized carbons (Fsp3) is 0.538. The van der Waals surface area contributed by atoms with Gasteiger partial charge in [-0.05, 0) is 50.9 Å². The van der Waals surface area contributed by atoms with Gasteiger partial charge in [0, 0.05) is 18.4 Å². The molecule has 0 spiro atoms.